The molecule has 39 heavy (non-hydrogen) atoms. The molecular formula is C32H45N5O2. The van der Waals surface area contributed by atoms with Crippen LogP contribution in [0.3, 0.4) is 0 Å². The maximum Gasteiger partial charge on any atom is 0.254 e. The molecule has 0 atom stereocenters. The molecule has 1 aliphatic carbocycles. The Bertz CT molecular complexity index is 1230. The van der Waals surface area contributed by atoms with Gasteiger partial charge in [0.1, 0.15) is 23.7 Å². The normalized spacial score (nSPS) is 13.6. The van der Waals surface area contributed by atoms with E-state index in [1.807, 2.05) is 41.3 Å². The Morgan fingerprint density at radius 1 is 1.18 bits per heavy atom. The van der Waals surface area contributed by atoms with Gasteiger partial charge < -0.3 is 19.5 Å². The van der Waals surface area contributed by atoms with Crippen molar-refractivity contribution in [3.8, 4) is 5.75 Å². The van der Waals surface area contributed by atoms with E-state index in [-0.39, 0.29) is 5.91 Å². The molecule has 1 amide bonds. The van der Waals surface area contributed by atoms with Crippen LogP contribution in [0.2, 0.25) is 0 Å². The highest BCUT2D eigenvalue weighted by Gasteiger charge is 2.21. The number of fused-ring (bicyclic) bond motifs is 1. The number of benzene rings is 1. The van der Waals surface area contributed by atoms with Gasteiger partial charge in [0, 0.05) is 31.4 Å². The fraction of sp³-hybridized carbons (Fsp3) is 0.531. The fourth-order valence-corrected chi connectivity index (χ4v) is 5.07. The second-order valence-electron chi connectivity index (χ2n) is 10.9. The lowest BCUT2D eigenvalue weighted by Gasteiger charge is -2.24. The highest BCUT2D eigenvalue weighted by molar-refractivity contribution is 5.94. The Labute approximate surface area is 233 Å². The van der Waals surface area contributed by atoms with Crippen molar-refractivity contribution in [2.75, 3.05) is 26.2 Å². The van der Waals surface area contributed by atoms with Crippen molar-refractivity contribution in [2.24, 2.45) is 5.92 Å². The first kappa shape index (κ1) is 28.8. The summed E-state index contributed by atoms with van der Waals surface area (Å²) in [5.41, 5.74) is 3.98. The number of ether oxygens (including phenoxy) is 1. The molecule has 0 radical (unpaired) electrons. The average molecular weight is 532 g/mol. The largest absolute Gasteiger partial charge is 0.492 e. The van der Waals surface area contributed by atoms with Crippen LogP contribution in [-0.2, 0) is 13.1 Å². The van der Waals surface area contributed by atoms with Gasteiger partial charge >= 0.3 is 0 Å². The molecule has 4 rings (SSSR count). The van der Waals surface area contributed by atoms with Crippen molar-refractivity contribution in [2.45, 2.75) is 78.8 Å². The number of carbonyl (C=O) groups excluding carboxylic acids is 1. The van der Waals surface area contributed by atoms with Gasteiger partial charge in [-0.3, -0.25) is 4.79 Å². The molecule has 210 valence electrons. The molecule has 0 fully saturated rings. The van der Waals surface area contributed by atoms with Gasteiger partial charge in [-0.05, 0) is 87.7 Å². The predicted octanol–water partition coefficient (Wildman–Crippen LogP) is 6.39. The third-order valence-electron chi connectivity index (χ3n) is 7.26. The smallest absolute Gasteiger partial charge is 0.254 e. The number of imidazole rings is 1. The molecule has 1 aromatic carbocycles. The number of nitrogens with one attached hydrogen (secondary N) is 1. The van der Waals surface area contributed by atoms with Crippen molar-refractivity contribution < 1.29 is 9.53 Å². The number of aromatic nitrogens is 3. The van der Waals surface area contributed by atoms with E-state index in [1.165, 1.54) is 25.7 Å². The SMILES string of the molecule is CCCn1c(CN(CCC(C)C)C(=O)c2cccc(OCCNCCC3=CCCCC3)c2)nc2cccnc21. The number of allylic oxidation sites excluding steroid dienone is 1. The number of amides is 1. The highest BCUT2D eigenvalue weighted by atomic mass is 16.5. The van der Waals surface area contributed by atoms with Gasteiger partial charge in [-0.2, -0.15) is 0 Å². The zero-order valence-corrected chi connectivity index (χ0v) is 24.0. The van der Waals surface area contributed by atoms with Crippen LogP contribution in [-0.4, -0.2) is 51.6 Å². The molecule has 0 unspecified atom stereocenters. The first-order chi connectivity index (χ1) is 19.0. The number of rotatable bonds is 15. The predicted molar refractivity (Wildman–Crippen MR) is 158 cm³/mol. The van der Waals surface area contributed by atoms with Gasteiger partial charge in [-0.15, -0.1) is 0 Å². The third kappa shape index (κ3) is 8.40. The summed E-state index contributed by atoms with van der Waals surface area (Å²) in [7, 11) is 0. The van der Waals surface area contributed by atoms with Gasteiger partial charge in [0.25, 0.3) is 5.91 Å². The summed E-state index contributed by atoms with van der Waals surface area (Å²) in [5, 5.41) is 3.48. The molecule has 0 saturated carbocycles. The van der Waals surface area contributed by atoms with Crippen LogP contribution in [0.4, 0.5) is 0 Å². The standard InChI is InChI=1S/C32H45N5O2/c1-4-20-37-30(35-29-14-9-17-34-31(29)37)24-36(21-16-25(2)3)32(38)27-12-8-13-28(23-27)39-22-19-33-18-15-26-10-6-5-7-11-26/h8-10,12-14,17,23,25,33H,4-7,11,15-16,18-22,24H2,1-3H3. The van der Waals surface area contributed by atoms with E-state index in [9.17, 15) is 4.79 Å². The summed E-state index contributed by atoms with van der Waals surface area (Å²) in [4.78, 5) is 25.1. The van der Waals surface area contributed by atoms with Crippen LogP contribution < -0.4 is 10.1 Å². The molecule has 0 aliphatic heterocycles. The molecule has 0 bridgehead atoms. The molecule has 0 spiro atoms. The Balaban J connectivity index is 1.38. The van der Waals surface area contributed by atoms with Crippen LogP contribution in [0.15, 0.2) is 54.2 Å². The zero-order valence-electron chi connectivity index (χ0n) is 24.0. The molecule has 7 heteroatoms. The molecule has 2 heterocycles. The van der Waals surface area contributed by atoms with E-state index in [1.54, 1.807) is 11.8 Å². The van der Waals surface area contributed by atoms with Gasteiger partial charge in [0.2, 0.25) is 0 Å². The summed E-state index contributed by atoms with van der Waals surface area (Å²) < 4.78 is 8.16. The number of nitrogens with zero attached hydrogens (tertiary/aromatic N) is 4. The minimum atomic E-state index is 0.00282. The second-order valence-corrected chi connectivity index (χ2v) is 10.9. The number of pyridine rings is 1. The van der Waals surface area contributed by atoms with E-state index >= 15 is 0 Å². The number of aryl methyl sites for hydroxylation is 1. The molecular weight excluding hydrogens is 486 g/mol. The number of hydrogen-bond acceptors (Lipinski definition) is 5. The van der Waals surface area contributed by atoms with Crippen LogP contribution in [0, 0.1) is 5.92 Å². The van der Waals surface area contributed by atoms with E-state index in [2.05, 4.69) is 41.7 Å². The van der Waals surface area contributed by atoms with Crippen molar-refractivity contribution in [3.05, 3.63) is 65.6 Å². The molecule has 2 aromatic heterocycles. The second kappa shape index (κ2) is 14.8. The van der Waals surface area contributed by atoms with Crippen molar-refractivity contribution in [3.63, 3.8) is 0 Å². The zero-order chi connectivity index (χ0) is 27.5. The molecule has 0 saturated heterocycles. The summed E-state index contributed by atoms with van der Waals surface area (Å²) in [6.07, 6.45) is 12.4. The fourth-order valence-electron chi connectivity index (χ4n) is 5.07. The van der Waals surface area contributed by atoms with Gasteiger partial charge in [0.05, 0.1) is 6.54 Å². The van der Waals surface area contributed by atoms with Crippen molar-refractivity contribution >= 4 is 17.1 Å². The van der Waals surface area contributed by atoms with E-state index in [0.29, 0.717) is 31.2 Å². The Morgan fingerprint density at radius 2 is 2.08 bits per heavy atom. The van der Waals surface area contributed by atoms with Gasteiger partial charge in [-0.25, -0.2) is 9.97 Å². The molecule has 1 aliphatic rings. The van der Waals surface area contributed by atoms with Crippen LogP contribution >= 0.6 is 0 Å². The van der Waals surface area contributed by atoms with Crippen LogP contribution in [0.5, 0.6) is 5.75 Å². The average Bonchev–Trinajstić information content (AvgIpc) is 3.30. The summed E-state index contributed by atoms with van der Waals surface area (Å²) in [6.45, 7) is 10.8. The molecule has 3 aromatic rings. The van der Waals surface area contributed by atoms with E-state index in [0.717, 1.165) is 61.6 Å². The molecule has 1 N–H and O–H groups in total. The maximum absolute atomic E-state index is 13.8. The quantitative estimate of drug-likeness (QED) is 0.182. The summed E-state index contributed by atoms with van der Waals surface area (Å²) in [6, 6.07) is 11.5. The molecule has 7 nitrogen and oxygen atoms in total. The Hall–Kier alpha value is -3.19. The minimum Gasteiger partial charge on any atom is -0.492 e. The Morgan fingerprint density at radius 3 is 2.87 bits per heavy atom. The van der Waals surface area contributed by atoms with Gasteiger partial charge in [-0.1, -0.05) is 38.5 Å². The van der Waals surface area contributed by atoms with E-state index in [4.69, 9.17) is 9.72 Å². The topological polar surface area (TPSA) is 72.3 Å². The minimum absolute atomic E-state index is 0.00282. The third-order valence-corrected chi connectivity index (χ3v) is 7.26. The maximum atomic E-state index is 13.8. The lowest BCUT2D eigenvalue weighted by Crippen LogP contribution is -2.33. The van der Waals surface area contributed by atoms with Crippen molar-refractivity contribution in [1.29, 1.82) is 0 Å². The lowest BCUT2D eigenvalue weighted by atomic mass is 9.97. The first-order valence-electron chi connectivity index (χ1n) is 14.8. The van der Waals surface area contributed by atoms with Crippen molar-refractivity contribution in [1.82, 2.24) is 24.8 Å². The van der Waals surface area contributed by atoms with Crippen LogP contribution in [0.25, 0.3) is 11.2 Å². The Kier molecular flexibility index (Phi) is 11.0. The highest BCUT2D eigenvalue weighted by Crippen LogP contribution is 2.21. The number of hydrogen-bond donors (Lipinski definition) is 1. The lowest BCUT2D eigenvalue weighted by molar-refractivity contribution is 0.0729. The van der Waals surface area contributed by atoms with E-state index < -0.39 is 0 Å². The monoisotopic (exact) mass is 531 g/mol. The summed E-state index contributed by atoms with van der Waals surface area (Å²) >= 11 is 0. The van der Waals surface area contributed by atoms with Crippen LogP contribution in [0.1, 0.15) is 81.9 Å². The first-order valence-corrected chi connectivity index (χ1v) is 14.8. The number of carbonyl (C=O) groups is 1. The summed E-state index contributed by atoms with van der Waals surface area (Å²) in [5.74, 6) is 2.10. The van der Waals surface area contributed by atoms with Gasteiger partial charge in [0.15, 0.2) is 5.65 Å².